The van der Waals surface area contributed by atoms with Crippen molar-refractivity contribution in [1.82, 2.24) is 58.1 Å². The van der Waals surface area contributed by atoms with E-state index < -0.39 is 146 Å². The number of imidazole rings is 2. The number of nitrogens with two attached hydrogens (primary N) is 3. The van der Waals surface area contributed by atoms with Gasteiger partial charge in [0.05, 0.1) is 45.2 Å². The number of phosphoric ester groups is 3. The lowest BCUT2D eigenvalue weighted by Gasteiger charge is -2.25. The molecule has 10 heterocycles. The lowest BCUT2D eigenvalue weighted by molar-refractivity contribution is -0.0626. The molecular weight excluding hydrogens is 1120 g/mol. The summed E-state index contributed by atoms with van der Waals surface area (Å²) in [5.74, 6) is -0.351. The van der Waals surface area contributed by atoms with Gasteiger partial charge in [-0.3, -0.25) is 65.0 Å². The first kappa shape index (κ1) is 56.2. The number of aromatic amines is 2. The number of aliphatic hydroxyl groups excluding tert-OH is 2. The quantitative estimate of drug-likeness (QED) is 0.0364. The van der Waals surface area contributed by atoms with E-state index in [9.17, 15) is 57.8 Å². The monoisotopic (exact) mass is 1170 g/mol. The molecule has 4 fully saturated rings. The molecule has 79 heavy (non-hydrogen) atoms. The summed E-state index contributed by atoms with van der Waals surface area (Å²) in [5.41, 5.74) is 14.5. The second-order valence-corrected chi connectivity index (χ2v) is 22.5. The van der Waals surface area contributed by atoms with Gasteiger partial charge in [0.2, 0.25) is 5.95 Å². The highest BCUT2D eigenvalue weighted by Crippen LogP contribution is 2.54. The Bertz CT molecular complexity index is 3650. The normalized spacial score (nSPS) is 29.5. The summed E-state index contributed by atoms with van der Waals surface area (Å²) in [5, 5.41) is 20.8. The highest BCUT2D eigenvalue weighted by molar-refractivity contribution is 7.48. The molecule has 3 unspecified atom stereocenters. The van der Waals surface area contributed by atoms with Crippen LogP contribution in [0.5, 0.6) is 0 Å². The summed E-state index contributed by atoms with van der Waals surface area (Å²) in [6.07, 6.45) is -10.9. The number of aliphatic hydroxyl groups is 2. The van der Waals surface area contributed by atoms with Crippen LogP contribution < -0.4 is 39.7 Å². The minimum absolute atomic E-state index is 0.00815. The van der Waals surface area contributed by atoms with Crippen LogP contribution in [0.2, 0.25) is 0 Å². The van der Waals surface area contributed by atoms with Crippen LogP contribution in [0.15, 0.2) is 56.6 Å². The van der Waals surface area contributed by atoms with Crippen LogP contribution in [0.1, 0.15) is 56.2 Å². The fraction of sp³-hybridized carbons (Fsp3) is 0.538. The summed E-state index contributed by atoms with van der Waals surface area (Å²) >= 11 is 0. The van der Waals surface area contributed by atoms with Gasteiger partial charge >= 0.3 is 34.8 Å². The number of aromatic nitrogens is 12. The van der Waals surface area contributed by atoms with Crippen molar-refractivity contribution in [3.63, 3.8) is 0 Å². The molecule has 0 aliphatic carbocycles. The van der Waals surface area contributed by atoms with Gasteiger partial charge < -0.3 is 61.0 Å². The van der Waals surface area contributed by atoms with Crippen LogP contribution in [0.3, 0.4) is 0 Å². The molecule has 40 heteroatoms. The zero-order chi connectivity index (χ0) is 56.3. The maximum absolute atomic E-state index is 14.0. The number of rotatable bonds is 20. The number of anilines is 3. The van der Waals surface area contributed by atoms with Gasteiger partial charge in [-0.1, -0.05) is 0 Å². The van der Waals surface area contributed by atoms with E-state index in [0.29, 0.717) is 0 Å². The van der Waals surface area contributed by atoms with Gasteiger partial charge in [-0.25, -0.2) is 43.2 Å². The second kappa shape index (κ2) is 22.1. The van der Waals surface area contributed by atoms with Crippen LogP contribution in [0.25, 0.3) is 22.3 Å². The number of hydrogen-bond acceptors (Lipinski definition) is 28. The molecule has 428 valence electrons. The highest BCUT2D eigenvalue weighted by Gasteiger charge is 2.48. The molecule has 0 radical (unpaired) electrons. The molecule has 15 atom stereocenters. The van der Waals surface area contributed by atoms with Crippen LogP contribution in [0, 0.1) is 6.92 Å². The lowest BCUT2D eigenvalue weighted by atomic mass is 10.2. The Hall–Kier alpha value is -6.05. The fourth-order valence-corrected chi connectivity index (χ4v) is 12.1. The number of nitrogen functional groups attached to an aromatic ring is 3. The van der Waals surface area contributed by atoms with Gasteiger partial charge in [0, 0.05) is 43.6 Å². The molecule has 37 nitrogen and oxygen atoms in total. The maximum atomic E-state index is 14.0. The first-order valence-corrected chi connectivity index (χ1v) is 28.1. The molecule has 0 bridgehead atoms. The molecule has 0 aromatic carbocycles. The van der Waals surface area contributed by atoms with Gasteiger partial charge in [-0.05, 0) is 13.0 Å². The SMILES string of the molecule is Cc1cn([C@H]2C[C@@H](OP(=O)(O)OC[C@H]3O[C@@H](n4cnc5c(=O)[nH]c(N)nc54)C[C@H]3OP(=O)(O)OC[C@H]3O[C@@H](n4cnc5c(N)ncnc54)C[C@H]3OP(=O)(O)OC[C@H]3O[C@@H](n4ccc(N)nc4=O)C[C@H]3O)[C@@H](CO)O2)c(=O)[nH]c1=O. The van der Waals surface area contributed by atoms with Crippen LogP contribution in [-0.4, -0.2) is 158 Å². The van der Waals surface area contributed by atoms with Crippen LogP contribution in [0.4, 0.5) is 17.6 Å². The Labute approximate surface area is 439 Å². The number of hydrogen-bond donors (Lipinski definition) is 10. The van der Waals surface area contributed by atoms with Crippen molar-refractivity contribution in [3.8, 4) is 0 Å². The molecule has 6 aromatic heterocycles. The van der Waals surface area contributed by atoms with Gasteiger partial charge in [-0.15, -0.1) is 0 Å². The smallest absolute Gasteiger partial charge is 0.394 e. The first-order chi connectivity index (χ1) is 37.4. The van der Waals surface area contributed by atoms with E-state index in [2.05, 4.69) is 39.9 Å². The standard InChI is InChI=1S/C39H50N15O22P3/c1-16-8-52(39(60)50-35(16)57)27-5-18(21(9-55)70-27)74-78(63,64)68-12-24-20(7-29(73-24)54-15-46-31-34(54)48-37(42)49-36(31)58)76-79(65,66)69-11-23-19(6-28(72-23)53-14-45-30-32(41)43-13-44-33(30)53)75-77(61,62)67-10-22-17(56)4-26(71-22)51-3-2-25(40)47-38(51)59/h2-3,8,13-15,17-24,26-29,55-56H,4-7,9-12H2,1H3,(H,61,62)(H,63,64)(H,65,66)(H2,40,47,59)(H2,41,43,44)(H,50,57,60)(H3,42,48,49,58)/t17-,18-,19-,20-,21-,22-,23-,24-,26-,27-,28-,29-/m1/s1. The Kier molecular flexibility index (Phi) is 15.7. The van der Waals surface area contributed by atoms with E-state index in [1.807, 2.05) is 0 Å². The molecule has 0 saturated carbocycles. The van der Waals surface area contributed by atoms with Crippen molar-refractivity contribution >= 4 is 63.4 Å². The van der Waals surface area contributed by atoms with E-state index in [4.69, 9.17) is 63.3 Å². The van der Waals surface area contributed by atoms with Gasteiger partial charge in [-0.2, -0.15) is 9.97 Å². The topological polar surface area (TPSA) is 520 Å². The molecule has 4 saturated heterocycles. The van der Waals surface area contributed by atoms with Gasteiger partial charge in [0.25, 0.3) is 11.1 Å². The highest BCUT2D eigenvalue weighted by atomic mass is 31.2. The Morgan fingerprint density at radius 3 is 1.76 bits per heavy atom. The van der Waals surface area contributed by atoms with E-state index >= 15 is 0 Å². The van der Waals surface area contributed by atoms with Crippen molar-refractivity contribution in [1.29, 1.82) is 0 Å². The number of fused-ring (bicyclic) bond motifs is 2. The molecule has 4 aliphatic rings. The summed E-state index contributed by atoms with van der Waals surface area (Å²) in [7, 11) is -15.7. The largest absolute Gasteiger partial charge is 0.472 e. The second-order valence-electron chi connectivity index (χ2n) is 18.3. The Morgan fingerprint density at radius 1 is 0.646 bits per heavy atom. The average molecular weight is 1170 g/mol. The minimum atomic E-state index is -5.36. The van der Waals surface area contributed by atoms with Crippen molar-refractivity contribution in [2.45, 2.75) is 106 Å². The molecule has 10 rings (SSSR count). The van der Waals surface area contributed by atoms with E-state index in [1.165, 1.54) is 40.8 Å². The summed E-state index contributed by atoms with van der Waals surface area (Å²) < 4.78 is 102. The first-order valence-electron chi connectivity index (χ1n) is 23.6. The van der Waals surface area contributed by atoms with Crippen molar-refractivity contribution in [2.24, 2.45) is 0 Å². The van der Waals surface area contributed by atoms with Crippen LogP contribution >= 0.6 is 23.5 Å². The van der Waals surface area contributed by atoms with Crippen molar-refractivity contribution < 1.29 is 84.7 Å². The molecule has 0 amide bonds. The number of nitrogens with one attached hydrogen (secondary N) is 2. The number of H-pyrrole nitrogens is 2. The number of nitrogens with zero attached hydrogens (tertiary/aromatic N) is 10. The third kappa shape index (κ3) is 12.2. The molecule has 6 aromatic rings. The fourth-order valence-electron chi connectivity index (χ4n) is 9.23. The van der Waals surface area contributed by atoms with Crippen molar-refractivity contribution in [2.75, 3.05) is 43.6 Å². The van der Waals surface area contributed by atoms with Crippen LogP contribution in [-0.2, 0) is 59.8 Å². The predicted molar refractivity (Wildman–Crippen MR) is 260 cm³/mol. The summed E-state index contributed by atoms with van der Waals surface area (Å²) in [4.78, 5) is 112. The zero-order valence-electron chi connectivity index (χ0n) is 40.8. The zero-order valence-corrected chi connectivity index (χ0v) is 43.5. The third-order valence-corrected chi connectivity index (χ3v) is 16.1. The van der Waals surface area contributed by atoms with Gasteiger partial charge in [0.15, 0.2) is 22.6 Å². The average Bonchev–Trinajstić information content (AvgIpc) is 4.36. The van der Waals surface area contributed by atoms with Crippen molar-refractivity contribution in [3.05, 3.63) is 84.7 Å². The molecule has 0 spiro atoms. The minimum Gasteiger partial charge on any atom is -0.394 e. The summed E-state index contributed by atoms with van der Waals surface area (Å²) in [6, 6.07) is 1.33. The number of phosphoric acid groups is 3. The van der Waals surface area contributed by atoms with E-state index in [1.54, 1.807) is 0 Å². The van der Waals surface area contributed by atoms with E-state index in [-0.39, 0.29) is 71.2 Å². The molecule has 4 aliphatic heterocycles. The lowest BCUT2D eigenvalue weighted by Crippen LogP contribution is -2.33. The molecule has 13 N–H and O–H groups in total. The molecular formula is C39H50N15O22P3. The maximum Gasteiger partial charge on any atom is 0.472 e. The Balaban J connectivity index is 0.843. The summed E-state index contributed by atoms with van der Waals surface area (Å²) in [6.45, 7) is -1.88. The number of aryl methyl sites for hydroxylation is 1. The van der Waals surface area contributed by atoms with E-state index in [0.717, 1.165) is 21.8 Å². The third-order valence-electron chi connectivity index (χ3n) is 13.0. The van der Waals surface area contributed by atoms with Gasteiger partial charge in [0.1, 0.15) is 85.3 Å². The number of ether oxygens (including phenoxy) is 4. The Morgan fingerprint density at radius 2 is 1.16 bits per heavy atom. The predicted octanol–water partition coefficient (Wildman–Crippen LogP) is -2.17.